The molecule has 0 bridgehead atoms. The molecular weight excluding hydrogens is 240 g/mol. The molecule has 1 aromatic rings. The van der Waals surface area contributed by atoms with E-state index in [4.69, 9.17) is 10.5 Å². The smallest absolute Gasteiger partial charge is 0.407 e. The number of nitrogens with two attached hydrogens (primary N) is 1. The van der Waals surface area contributed by atoms with Gasteiger partial charge < -0.3 is 15.8 Å². The van der Waals surface area contributed by atoms with Gasteiger partial charge in [-0.25, -0.2) is 4.79 Å². The molecule has 1 aliphatic rings. The first-order valence-corrected chi connectivity index (χ1v) is 6.61. The molecule has 0 aromatic heterocycles. The molecule has 19 heavy (non-hydrogen) atoms. The van der Waals surface area contributed by atoms with Crippen molar-refractivity contribution in [1.82, 2.24) is 5.32 Å². The average Bonchev–Trinajstić information content (AvgIpc) is 2.98. The highest BCUT2D eigenvalue weighted by atomic mass is 16.6. The van der Waals surface area contributed by atoms with Crippen LogP contribution in [0.3, 0.4) is 0 Å². The lowest BCUT2D eigenvalue weighted by atomic mass is 9.95. The Balaban J connectivity index is 1.97. The highest BCUT2D eigenvalue weighted by Gasteiger charge is 2.53. The van der Waals surface area contributed by atoms with Crippen molar-refractivity contribution in [3.8, 4) is 0 Å². The standard InChI is InChI=1S/C15H22N2O2/c1-14(2,3)19-13(18)17-10-15(9-12(15)16)11-7-5-4-6-8-11/h4-8,12H,9-10,16H2,1-3H3,(H,17,18). The molecule has 0 saturated heterocycles. The number of hydrogen-bond acceptors (Lipinski definition) is 3. The first-order valence-electron chi connectivity index (χ1n) is 6.61. The minimum absolute atomic E-state index is 0.102. The lowest BCUT2D eigenvalue weighted by Gasteiger charge is -2.22. The Labute approximate surface area is 114 Å². The Morgan fingerprint density at radius 3 is 2.47 bits per heavy atom. The van der Waals surface area contributed by atoms with Gasteiger partial charge in [-0.1, -0.05) is 30.3 Å². The van der Waals surface area contributed by atoms with Crippen molar-refractivity contribution in [3.05, 3.63) is 35.9 Å². The van der Waals surface area contributed by atoms with E-state index in [-0.39, 0.29) is 17.6 Å². The van der Waals surface area contributed by atoms with Crippen LogP contribution in [-0.2, 0) is 10.2 Å². The number of ether oxygens (including phenoxy) is 1. The first-order chi connectivity index (χ1) is 8.83. The van der Waals surface area contributed by atoms with Crippen LogP contribution in [-0.4, -0.2) is 24.3 Å². The third-order valence-electron chi connectivity index (χ3n) is 3.43. The van der Waals surface area contributed by atoms with Gasteiger partial charge >= 0.3 is 6.09 Å². The summed E-state index contributed by atoms with van der Waals surface area (Å²) >= 11 is 0. The molecule has 2 atom stereocenters. The fraction of sp³-hybridized carbons (Fsp3) is 0.533. The Hall–Kier alpha value is -1.55. The molecule has 2 rings (SSSR count). The molecule has 104 valence electrons. The molecule has 3 N–H and O–H groups in total. The zero-order valence-corrected chi connectivity index (χ0v) is 11.8. The van der Waals surface area contributed by atoms with Gasteiger partial charge in [-0.3, -0.25) is 0 Å². The number of benzene rings is 1. The monoisotopic (exact) mass is 262 g/mol. The number of amides is 1. The van der Waals surface area contributed by atoms with Crippen LogP contribution in [0.5, 0.6) is 0 Å². The summed E-state index contributed by atoms with van der Waals surface area (Å²) < 4.78 is 5.24. The minimum atomic E-state index is -0.477. The second kappa shape index (κ2) is 4.85. The molecule has 1 saturated carbocycles. The predicted molar refractivity (Wildman–Crippen MR) is 74.9 cm³/mol. The Morgan fingerprint density at radius 2 is 2.00 bits per heavy atom. The lowest BCUT2D eigenvalue weighted by molar-refractivity contribution is 0.0522. The van der Waals surface area contributed by atoms with Crippen LogP contribution in [0.15, 0.2) is 30.3 Å². The maximum atomic E-state index is 11.7. The molecule has 2 unspecified atom stereocenters. The molecule has 4 nitrogen and oxygen atoms in total. The molecule has 4 heteroatoms. The van der Waals surface area contributed by atoms with E-state index in [1.165, 1.54) is 5.56 Å². The summed E-state index contributed by atoms with van der Waals surface area (Å²) in [5.41, 5.74) is 6.63. The number of hydrogen-bond donors (Lipinski definition) is 2. The molecule has 1 amide bonds. The van der Waals surface area contributed by atoms with Gasteiger partial charge in [0.1, 0.15) is 5.60 Å². The minimum Gasteiger partial charge on any atom is -0.444 e. The quantitative estimate of drug-likeness (QED) is 0.877. The van der Waals surface area contributed by atoms with Crippen LogP contribution in [0, 0.1) is 0 Å². The Kier molecular flexibility index (Phi) is 3.54. The van der Waals surface area contributed by atoms with Gasteiger partial charge in [-0.2, -0.15) is 0 Å². The summed E-state index contributed by atoms with van der Waals surface area (Å²) in [6, 6.07) is 10.2. The summed E-state index contributed by atoms with van der Waals surface area (Å²) in [4.78, 5) is 11.7. The molecule has 0 radical (unpaired) electrons. The SMILES string of the molecule is CC(C)(C)OC(=O)NCC1(c2ccccc2)CC1N. The summed E-state index contributed by atoms with van der Waals surface area (Å²) in [5.74, 6) is 0. The lowest BCUT2D eigenvalue weighted by Crippen LogP contribution is -2.39. The first kappa shape index (κ1) is 13.9. The molecular formula is C15H22N2O2. The summed E-state index contributed by atoms with van der Waals surface area (Å²) in [6.07, 6.45) is 0.509. The molecule has 1 aliphatic carbocycles. The van der Waals surface area contributed by atoms with E-state index in [0.29, 0.717) is 6.54 Å². The summed E-state index contributed by atoms with van der Waals surface area (Å²) in [5, 5.41) is 2.83. The van der Waals surface area contributed by atoms with E-state index in [2.05, 4.69) is 17.4 Å². The van der Waals surface area contributed by atoms with Crippen LogP contribution in [0.1, 0.15) is 32.8 Å². The fourth-order valence-electron chi connectivity index (χ4n) is 2.28. The van der Waals surface area contributed by atoms with Gasteiger partial charge in [0.15, 0.2) is 0 Å². The number of carbonyl (C=O) groups is 1. The van der Waals surface area contributed by atoms with Crippen molar-refractivity contribution < 1.29 is 9.53 Å². The van der Waals surface area contributed by atoms with Crippen molar-refractivity contribution in [3.63, 3.8) is 0 Å². The number of nitrogens with one attached hydrogen (secondary N) is 1. The highest BCUT2D eigenvalue weighted by Crippen LogP contribution is 2.46. The highest BCUT2D eigenvalue weighted by molar-refractivity contribution is 5.68. The maximum Gasteiger partial charge on any atom is 0.407 e. The van der Waals surface area contributed by atoms with Crippen molar-refractivity contribution in [2.45, 2.75) is 44.2 Å². The second-order valence-corrected chi connectivity index (χ2v) is 6.19. The normalized spacial score (nSPS) is 25.8. The van der Waals surface area contributed by atoms with E-state index in [0.717, 1.165) is 6.42 Å². The van der Waals surface area contributed by atoms with Crippen LogP contribution >= 0.6 is 0 Å². The Bertz CT molecular complexity index is 453. The van der Waals surface area contributed by atoms with Crippen molar-refractivity contribution in [1.29, 1.82) is 0 Å². The third-order valence-corrected chi connectivity index (χ3v) is 3.43. The van der Waals surface area contributed by atoms with E-state index in [1.807, 2.05) is 39.0 Å². The number of carbonyl (C=O) groups excluding carboxylic acids is 1. The van der Waals surface area contributed by atoms with Crippen molar-refractivity contribution >= 4 is 6.09 Å². The molecule has 0 heterocycles. The number of alkyl carbamates (subject to hydrolysis) is 1. The topological polar surface area (TPSA) is 64.3 Å². The average molecular weight is 262 g/mol. The van der Waals surface area contributed by atoms with Gasteiger partial charge in [0, 0.05) is 18.0 Å². The van der Waals surface area contributed by atoms with Crippen molar-refractivity contribution in [2.75, 3.05) is 6.54 Å². The zero-order chi connectivity index (χ0) is 14.1. The fourth-order valence-corrected chi connectivity index (χ4v) is 2.28. The van der Waals surface area contributed by atoms with Crippen LogP contribution in [0.4, 0.5) is 4.79 Å². The predicted octanol–water partition coefficient (Wildman–Crippen LogP) is 2.18. The maximum absolute atomic E-state index is 11.7. The van der Waals surface area contributed by atoms with Gasteiger partial charge in [0.2, 0.25) is 0 Å². The van der Waals surface area contributed by atoms with E-state index < -0.39 is 5.60 Å². The molecule has 1 aromatic carbocycles. The zero-order valence-electron chi connectivity index (χ0n) is 11.8. The largest absolute Gasteiger partial charge is 0.444 e. The summed E-state index contributed by atoms with van der Waals surface area (Å²) in [6.45, 7) is 6.07. The summed E-state index contributed by atoms with van der Waals surface area (Å²) in [7, 11) is 0. The van der Waals surface area contributed by atoms with E-state index in [9.17, 15) is 4.79 Å². The van der Waals surface area contributed by atoms with Gasteiger partial charge in [0.05, 0.1) is 0 Å². The van der Waals surface area contributed by atoms with Gasteiger partial charge in [-0.05, 0) is 32.8 Å². The molecule has 0 spiro atoms. The second-order valence-electron chi connectivity index (χ2n) is 6.19. The van der Waals surface area contributed by atoms with Crippen LogP contribution in [0.25, 0.3) is 0 Å². The van der Waals surface area contributed by atoms with Gasteiger partial charge in [-0.15, -0.1) is 0 Å². The van der Waals surface area contributed by atoms with Crippen LogP contribution < -0.4 is 11.1 Å². The van der Waals surface area contributed by atoms with Gasteiger partial charge in [0.25, 0.3) is 0 Å². The molecule has 0 aliphatic heterocycles. The third kappa shape index (κ3) is 3.26. The number of rotatable bonds is 3. The van der Waals surface area contributed by atoms with E-state index in [1.54, 1.807) is 0 Å². The molecule has 1 fully saturated rings. The van der Waals surface area contributed by atoms with E-state index >= 15 is 0 Å². The Morgan fingerprint density at radius 1 is 1.42 bits per heavy atom. The van der Waals surface area contributed by atoms with Crippen LogP contribution in [0.2, 0.25) is 0 Å². The van der Waals surface area contributed by atoms with Crippen molar-refractivity contribution in [2.24, 2.45) is 5.73 Å².